The number of aromatic nitrogens is 1. The summed E-state index contributed by atoms with van der Waals surface area (Å²) in [7, 11) is 0. The minimum Gasteiger partial charge on any atom is -0.476 e. The van der Waals surface area contributed by atoms with Crippen molar-refractivity contribution in [1.82, 2.24) is 5.16 Å². The molecule has 0 aliphatic heterocycles. The molecule has 0 aliphatic carbocycles. The first-order chi connectivity index (χ1) is 12.7. The van der Waals surface area contributed by atoms with E-state index in [-0.39, 0.29) is 5.69 Å². The number of carboxylic acid groups (broad SMARTS) is 1. The molecule has 0 bridgehead atoms. The monoisotopic (exact) mass is 367 g/mol. The van der Waals surface area contributed by atoms with E-state index in [9.17, 15) is 4.79 Å². The molecule has 0 aliphatic rings. The lowest BCUT2D eigenvalue weighted by Gasteiger charge is -2.03. The van der Waals surface area contributed by atoms with Crippen LogP contribution in [-0.4, -0.2) is 16.2 Å². The fourth-order valence-electron chi connectivity index (χ4n) is 2.94. The number of nitrogens with zero attached hydrogens (tertiary/aromatic N) is 1. The number of rotatable bonds is 16. The maximum absolute atomic E-state index is 9.94. The van der Waals surface area contributed by atoms with Gasteiger partial charge in [-0.25, -0.2) is 4.79 Å². The van der Waals surface area contributed by atoms with Gasteiger partial charge in [-0.05, 0) is 0 Å². The van der Waals surface area contributed by atoms with Crippen LogP contribution in [0.5, 0.6) is 0 Å². The van der Waals surface area contributed by atoms with Gasteiger partial charge >= 0.3 is 5.97 Å². The molecule has 0 atom stereocenters. The van der Waals surface area contributed by atoms with Crippen LogP contribution >= 0.6 is 0 Å². The highest BCUT2D eigenvalue weighted by Gasteiger charge is 2.02. The topological polar surface area (TPSA) is 63.3 Å². The van der Waals surface area contributed by atoms with Gasteiger partial charge in [0.05, 0.1) is 0 Å². The molecule has 4 heteroatoms. The molecule has 1 aromatic heterocycles. The highest BCUT2D eigenvalue weighted by atomic mass is 16.5. The lowest BCUT2D eigenvalue weighted by molar-refractivity contribution is 0.0685. The number of aromatic carboxylic acids is 1. The molecule has 0 unspecified atom stereocenters. The Morgan fingerprint density at radius 2 is 1.12 bits per heavy atom. The van der Waals surface area contributed by atoms with Crippen LogP contribution in [-0.2, 0) is 0 Å². The van der Waals surface area contributed by atoms with Crippen molar-refractivity contribution in [2.24, 2.45) is 0 Å². The predicted molar refractivity (Wildman–Crippen MR) is 109 cm³/mol. The molecule has 26 heavy (non-hydrogen) atoms. The minimum atomic E-state index is -1.07. The molecular formula is C22H41NO3. The molecule has 4 nitrogen and oxygen atoms in total. The molecule has 0 saturated carbocycles. The maximum Gasteiger partial charge on any atom is 0.358 e. The van der Waals surface area contributed by atoms with Crippen LogP contribution in [0.2, 0.25) is 0 Å². The van der Waals surface area contributed by atoms with E-state index in [0.717, 1.165) is 0 Å². The summed E-state index contributed by atoms with van der Waals surface area (Å²) in [6.07, 6.45) is 24.6. The molecule has 152 valence electrons. The highest BCUT2D eigenvalue weighted by Crippen LogP contribution is 2.13. The van der Waals surface area contributed by atoms with Gasteiger partial charge in [-0.2, -0.15) is 0 Å². The Bertz CT molecular complexity index is 374. The molecule has 0 fully saturated rings. The third-order valence-electron chi connectivity index (χ3n) is 4.61. The van der Waals surface area contributed by atoms with Gasteiger partial charge in [0.25, 0.3) is 0 Å². The summed E-state index contributed by atoms with van der Waals surface area (Å²) >= 11 is 0. The molecule has 0 amide bonds. The summed E-state index contributed by atoms with van der Waals surface area (Å²) in [5, 5.41) is 11.3. The van der Waals surface area contributed by atoms with Gasteiger partial charge in [-0.3, -0.25) is 0 Å². The molecule has 1 rings (SSSR count). The van der Waals surface area contributed by atoms with E-state index in [1.165, 1.54) is 115 Å². The van der Waals surface area contributed by atoms with E-state index >= 15 is 0 Å². The molecule has 1 N–H and O–H groups in total. The van der Waals surface area contributed by atoms with Crippen LogP contribution in [0.15, 0.2) is 16.9 Å². The Morgan fingerprint density at radius 3 is 1.31 bits per heavy atom. The largest absolute Gasteiger partial charge is 0.476 e. The van der Waals surface area contributed by atoms with Crippen molar-refractivity contribution >= 4 is 5.97 Å². The molecular weight excluding hydrogens is 326 g/mol. The molecule has 0 saturated heterocycles. The van der Waals surface area contributed by atoms with E-state index in [1.54, 1.807) is 0 Å². The summed E-state index contributed by atoms with van der Waals surface area (Å²) in [5.74, 6) is -1.07. The van der Waals surface area contributed by atoms with Gasteiger partial charge in [0.2, 0.25) is 0 Å². The van der Waals surface area contributed by atoms with E-state index < -0.39 is 5.97 Å². The predicted octanol–water partition coefficient (Wildman–Crippen LogP) is 7.64. The fraction of sp³-hybridized carbons (Fsp3) is 0.818. The number of carboxylic acids is 1. The first-order valence-electron chi connectivity index (χ1n) is 10.9. The van der Waals surface area contributed by atoms with E-state index in [0.29, 0.717) is 0 Å². The normalized spacial score (nSPS) is 10.4. The van der Waals surface area contributed by atoms with Crippen molar-refractivity contribution in [2.45, 2.75) is 117 Å². The van der Waals surface area contributed by atoms with Crippen LogP contribution in [0.1, 0.15) is 127 Å². The number of hydrogen-bond acceptors (Lipinski definition) is 3. The summed E-state index contributed by atoms with van der Waals surface area (Å²) in [6.45, 7) is 4.59. The van der Waals surface area contributed by atoms with Crippen LogP contribution < -0.4 is 0 Å². The lowest BCUT2D eigenvalue weighted by atomic mass is 10.0. The van der Waals surface area contributed by atoms with Crippen molar-refractivity contribution in [1.29, 1.82) is 0 Å². The third-order valence-corrected chi connectivity index (χ3v) is 4.61. The van der Waals surface area contributed by atoms with Gasteiger partial charge in [0, 0.05) is 6.07 Å². The van der Waals surface area contributed by atoms with E-state index in [2.05, 4.69) is 23.5 Å². The maximum atomic E-state index is 9.94. The summed E-state index contributed by atoms with van der Waals surface area (Å²) in [4.78, 5) is 9.94. The third kappa shape index (κ3) is 17.5. The zero-order chi connectivity index (χ0) is 19.3. The van der Waals surface area contributed by atoms with Crippen LogP contribution in [0, 0.1) is 0 Å². The van der Waals surface area contributed by atoms with Gasteiger partial charge in [-0.1, -0.05) is 122 Å². The standard InChI is InChI=1S/C18H38.C4H3NO3/c1-3-5-7-9-11-13-15-17-18-16-14-12-10-8-6-4-2;6-4(7)3-1-2-8-5-3/h3-18H2,1-2H3;1-2H,(H,6,7). The van der Waals surface area contributed by atoms with Gasteiger partial charge in [-0.15, -0.1) is 0 Å². The van der Waals surface area contributed by atoms with Crippen LogP contribution in [0.4, 0.5) is 0 Å². The highest BCUT2D eigenvalue weighted by molar-refractivity contribution is 5.84. The molecule has 0 aromatic carbocycles. The smallest absolute Gasteiger partial charge is 0.358 e. The van der Waals surface area contributed by atoms with Crippen molar-refractivity contribution in [3.8, 4) is 0 Å². The van der Waals surface area contributed by atoms with Crippen molar-refractivity contribution in [3.05, 3.63) is 18.0 Å². The zero-order valence-electron chi connectivity index (χ0n) is 17.2. The average Bonchev–Trinajstić information content (AvgIpc) is 3.18. The lowest BCUT2D eigenvalue weighted by Crippen LogP contribution is -1.94. The second-order valence-corrected chi connectivity index (χ2v) is 7.14. The van der Waals surface area contributed by atoms with E-state index in [1.807, 2.05) is 0 Å². The minimum absolute atomic E-state index is 0.0648. The number of carbonyl (C=O) groups is 1. The molecule has 1 aromatic rings. The Morgan fingerprint density at radius 1 is 0.769 bits per heavy atom. The first-order valence-corrected chi connectivity index (χ1v) is 10.9. The Labute approximate surface area is 160 Å². The first kappa shape index (κ1) is 24.7. The summed E-state index contributed by atoms with van der Waals surface area (Å²) in [5.41, 5.74) is -0.0648. The SMILES string of the molecule is CCCCCCCCCCCCCCCCCC.O=C(O)c1ccon1. The average molecular weight is 368 g/mol. The van der Waals surface area contributed by atoms with Crippen LogP contribution in [0.3, 0.4) is 0 Å². The summed E-state index contributed by atoms with van der Waals surface area (Å²) < 4.78 is 4.24. The summed E-state index contributed by atoms with van der Waals surface area (Å²) in [6, 6.07) is 1.28. The second-order valence-electron chi connectivity index (χ2n) is 7.14. The van der Waals surface area contributed by atoms with Gasteiger partial charge < -0.3 is 9.63 Å². The van der Waals surface area contributed by atoms with Crippen molar-refractivity contribution < 1.29 is 14.4 Å². The number of hydrogen-bond donors (Lipinski definition) is 1. The Kier molecular flexibility index (Phi) is 19.0. The molecule has 0 spiro atoms. The zero-order valence-corrected chi connectivity index (χ0v) is 17.2. The van der Waals surface area contributed by atoms with E-state index in [4.69, 9.17) is 5.11 Å². The van der Waals surface area contributed by atoms with Gasteiger partial charge in [0.1, 0.15) is 6.26 Å². The van der Waals surface area contributed by atoms with Gasteiger partial charge in [0.15, 0.2) is 5.69 Å². The van der Waals surface area contributed by atoms with Crippen molar-refractivity contribution in [2.75, 3.05) is 0 Å². The molecule has 0 radical (unpaired) electrons. The molecule has 1 heterocycles. The van der Waals surface area contributed by atoms with Crippen molar-refractivity contribution in [3.63, 3.8) is 0 Å². The Hall–Kier alpha value is -1.32. The second kappa shape index (κ2) is 20.0. The Balaban J connectivity index is 0.000000642. The van der Waals surface area contributed by atoms with Crippen LogP contribution in [0.25, 0.3) is 0 Å². The number of unbranched alkanes of at least 4 members (excludes halogenated alkanes) is 15. The quantitative estimate of drug-likeness (QED) is 0.305. The fourth-order valence-corrected chi connectivity index (χ4v) is 2.94.